The van der Waals surface area contributed by atoms with E-state index in [1.165, 1.54) is 0 Å². The molecule has 1 aromatic rings. The second-order valence-corrected chi connectivity index (χ2v) is 4.93. The first-order valence-corrected chi connectivity index (χ1v) is 6.83. The lowest BCUT2D eigenvalue weighted by atomic mass is 10.1. The number of benzene rings is 1. The summed E-state index contributed by atoms with van der Waals surface area (Å²) in [4.78, 5) is 13.6. The molecule has 0 spiro atoms. The summed E-state index contributed by atoms with van der Waals surface area (Å²) in [6, 6.07) is 3.53. The van der Waals surface area contributed by atoms with Crippen LogP contribution in [-0.2, 0) is 11.3 Å². The highest BCUT2D eigenvalue weighted by Gasteiger charge is 2.30. The number of carbonyl (C=O) groups excluding carboxylic acids is 1. The Bertz CT molecular complexity index is 492. The molecule has 0 saturated carbocycles. The molecule has 0 aromatic heterocycles. The third-order valence-corrected chi connectivity index (χ3v) is 3.74. The van der Waals surface area contributed by atoms with Crippen molar-refractivity contribution in [3.05, 3.63) is 17.7 Å². The van der Waals surface area contributed by atoms with Crippen LogP contribution in [0.1, 0.15) is 18.4 Å². The van der Waals surface area contributed by atoms with Crippen molar-refractivity contribution in [2.75, 3.05) is 27.9 Å². The lowest BCUT2D eigenvalue weighted by molar-refractivity contribution is -0.130. The fraction of sp³-hybridized carbons (Fsp3) is 0.533. The number of hydrogen-bond acceptors (Lipinski definition) is 5. The summed E-state index contributed by atoms with van der Waals surface area (Å²) in [5.41, 5.74) is 0.873. The highest BCUT2D eigenvalue weighted by molar-refractivity contribution is 5.78. The van der Waals surface area contributed by atoms with E-state index in [1.54, 1.807) is 26.2 Å². The summed E-state index contributed by atoms with van der Waals surface area (Å²) in [6.07, 6.45) is 1.18. The van der Waals surface area contributed by atoms with Gasteiger partial charge in [-0.3, -0.25) is 4.79 Å². The SMILES string of the molecule is COc1cc(CN2C(=O)CCC2CO)cc(OC)c1OC. The van der Waals surface area contributed by atoms with Gasteiger partial charge in [0.1, 0.15) is 0 Å². The molecule has 2 rings (SSSR count). The number of carbonyl (C=O) groups is 1. The number of aliphatic hydroxyl groups excluding tert-OH is 1. The number of amides is 1. The zero-order valence-corrected chi connectivity index (χ0v) is 12.6. The first-order valence-electron chi connectivity index (χ1n) is 6.83. The van der Waals surface area contributed by atoms with Gasteiger partial charge in [0.25, 0.3) is 0 Å². The standard InChI is InChI=1S/C15H21NO5/c1-19-12-6-10(7-13(20-2)15(12)21-3)8-16-11(9-17)4-5-14(16)18/h6-7,11,17H,4-5,8-9H2,1-3H3. The van der Waals surface area contributed by atoms with Gasteiger partial charge in [0.2, 0.25) is 11.7 Å². The van der Waals surface area contributed by atoms with Crippen molar-refractivity contribution in [1.29, 1.82) is 0 Å². The predicted octanol–water partition coefficient (Wildman–Crippen LogP) is 1.20. The van der Waals surface area contributed by atoms with Gasteiger partial charge in [-0.15, -0.1) is 0 Å². The van der Waals surface area contributed by atoms with E-state index >= 15 is 0 Å². The van der Waals surface area contributed by atoms with Gasteiger partial charge < -0.3 is 24.2 Å². The highest BCUT2D eigenvalue weighted by Crippen LogP contribution is 2.38. The van der Waals surface area contributed by atoms with E-state index < -0.39 is 0 Å². The maximum absolute atomic E-state index is 11.9. The van der Waals surface area contributed by atoms with Crippen molar-refractivity contribution in [2.24, 2.45) is 0 Å². The molecule has 6 heteroatoms. The molecule has 0 bridgehead atoms. The number of rotatable bonds is 6. The van der Waals surface area contributed by atoms with E-state index in [-0.39, 0.29) is 18.6 Å². The first kappa shape index (κ1) is 15.4. The van der Waals surface area contributed by atoms with Gasteiger partial charge in [-0.25, -0.2) is 0 Å². The fourth-order valence-corrected chi connectivity index (χ4v) is 2.62. The van der Waals surface area contributed by atoms with Crippen molar-refractivity contribution in [3.63, 3.8) is 0 Å². The van der Waals surface area contributed by atoms with Gasteiger partial charge >= 0.3 is 0 Å². The second kappa shape index (κ2) is 6.67. The zero-order chi connectivity index (χ0) is 15.4. The monoisotopic (exact) mass is 295 g/mol. The van der Waals surface area contributed by atoms with E-state index in [2.05, 4.69) is 0 Å². The van der Waals surface area contributed by atoms with Crippen molar-refractivity contribution in [3.8, 4) is 17.2 Å². The van der Waals surface area contributed by atoms with Crippen LogP contribution in [0.25, 0.3) is 0 Å². The molecule has 1 N–H and O–H groups in total. The minimum absolute atomic E-state index is 0.0177. The average molecular weight is 295 g/mol. The number of methoxy groups -OCH3 is 3. The molecule has 0 aliphatic carbocycles. The summed E-state index contributed by atoms with van der Waals surface area (Å²) in [5, 5.41) is 9.35. The molecule has 1 saturated heterocycles. The topological polar surface area (TPSA) is 68.2 Å². The molecular weight excluding hydrogens is 274 g/mol. The minimum atomic E-state index is -0.114. The predicted molar refractivity (Wildman–Crippen MR) is 76.8 cm³/mol. The Kier molecular flexibility index (Phi) is 4.90. The Hall–Kier alpha value is -1.95. The molecule has 1 aromatic carbocycles. The summed E-state index contributed by atoms with van der Waals surface area (Å²) in [5.74, 6) is 1.69. The summed E-state index contributed by atoms with van der Waals surface area (Å²) in [6.45, 7) is 0.400. The van der Waals surface area contributed by atoms with Gasteiger partial charge in [-0.05, 0) is 24.1 Å². The molecule has 6 nitrogen and oxygen atoms in total. The summed E-state index contributed by atoms with van der Waals surface area (Å²) < 4.78 is 15.9. The van der Waals surface area contributed by atoms with Crippen LogP contribution in [0.3, 0.4) is 0 Å². The third-order valence-electron chi connectivity index (χ3n) is 3.74. The van der Waals surface area contributed by atoms with Crippen LogP contribution in [0.5, 0.6) is 17.2 Å². The van der Waals surface area contributed by atoms with E-state index in [1.807, 2.05) is 12.1 Å². The van der Waals surface area contributed by atoms with Gasteiger partial charge in [0.05, 0.1) is 34.0 Å². The van der Waals surface area contributed by atoms with Crippen molar-refractivity contribution >= 4 is 5.91 Å². The summed E-state index contributed by atoms with van der Waals surface area (Å²) >= 11 is 0. The lowest BCUT2D eigenvalue weighted by Gasteiger charge is -2.24. The molecule has 116 valence electrons. The molecule has 21 heavy (non-hydrogen) atoms. The number of ether oxygens (including phenoxy) is 3. The molecule has 0 radical (unpaired) electrons. The number of aliphatic hydroxyl groups is 1. The molecular formula is C15H21NO5. The third kappa shape index (κ3) is 3.05. The van der Waals surface area contributed by atoms with Crippen LogP contribution in [0.2, 0.25) is 0 Å². The number of hydrogen-bond donors (Lipinski definition) is 1. The average Bonchev–Trinajstić information content (AvgIpc) is 2.86. The zero-order valence-electron chi connectivity index (χ0n) is 12.6. The van der Waals surface area contributed by atoms with Gasteiger partial charge in [-0.1, -0.05) is 0 Å². The maximum atomic E-state index is 11.9. The normalized spacial score (nSPS) is 18.0. The van der Waals surface area contributed by atoms with Gasteiger partial charge in [0.15, 0.2) is 11.5 Å². The van der Waals surface area contributed by atoms with E-state index in [0.29, 0.717) is 36.6 Å². The molecule has 1 heterocycles. The van der Waals surface area contributed by atoms with Gasteiger partial charge in [-0.2, -0.15) is 0 Å². The largest absolute Gasteiger partial charge is 0.493 e. The van der Waals surface area contributed by atoms with Crippen LogP contribution in [-0.4, -0.2) is 49.9 Å². The smallest absolute Gasteiger partial charge is 0.223 e. The van der Waals surface area contributed by atoms with Crippen LogP contribution in [0, 0.1) is 0 Å². The fourth-order valence-electron chi connectivity index (χ4n) is 2.62. The Morgan fingerprint density at radius 3 is 2.29 bits per heavy atom. The second-order valence-electron chi connectivity index (χ2n) is 4.93. The molecule has 1 unspecified atom stereocenters. The molecule has 1 aliphatic rings. The van der Waals surface area contributed by atoms with Crippen LogP contribution in [0.4, 0.5) is 0 Å². The van der Waals surface area contributed by atoms with E-state index in [0.717, 1.165) is 5.56 Å². The quantitative estimate of drug-likeness (QED) is 0.854. The molecule has 1 atom stereocenters. The van der Waals surface area contributed by atoms with Crippen LogP contribution in [0.15, 0.2) is 12.1 Å². The lowest BCUT2D eigenvalue weighted by Crippen LogP contribution is -2.34. The van der Waals surface area contributed by atoms with Crippen LogP contribution >= 0.6 is 0 Å². The maximum Gasteiger partial charge on any atom is 0.223 e. The van der Waals surface area contributed by atoms with Crippen LogP contribution < -0.4 is 14.2 Å². The van der Waals surface area contributed by atoms with Gasteiger partial charge in [0, 0.05) is 13.0 Å². The Morgan fingerprint density at radius 1 is 1.19 bits per heavy atom. The first-order chi connectivity index (χ1) is 10.1. The van der Waals surface area contributed by atoms with Crippen molar-refractivity contribution < 1.29 is 24.1 Å². The number of nitrogens with zero attached hydrogens (tertiary/aromatic N) is 1. The Morgan fingerprint density at radius 2 is 1.81 bits per heavy atom. The molecule has 1 aliphatic heterocycles. The minimum Gasteiger partial charge on any atom is -0.493 e. The molecule has 1 amide bonds. The van der Waals surface area contributed by atoms with Crippen molar-refractivity contribution in [2.45, 2.75) is 25.4 Å². The van der Waals surface area contributed by atoms with E-state index in [4.69, 9.17) is 14.2 Å². The Balaban J connectivity index is 2.29. The number of likely N-dealkylation sites (tertiary alicyclic amines) is 1. The highest BCUT2D eigenvalue weighted by atomic mass is 16.5. The van der Waals surface area contributed by atoms with Crippen molar-refractivity contribution in [1.82, 2.24) is 4.90 Å². The Labute approximate surface area is 124 Å². The molecule has 1 fully saturated rings. The van der Waals surface area contributed by atoms with E-state index in [9.17, 15) is 9.90 Å². The summed E-state index contributed by atoms with van der Waals surface area (Å²) in [7, 11) is 4.66.